The molecule has 0 saturated heterocycles. The lowest BCUT2D eigenvalue weighted by Crippen LogP contribution is -2.34. The second kappa shape index (κ2) is 8.73. The average molecular weight is 248 g/mol. The number of hydrogen-bond donors (Lipinski definition) is 1. The van der Waals surface area contributed by atoms with Gasteiger partial charge in [0.05, 0.1) is 5.75 Å². The molecule has 0 amide bonds. The van der Waals surface area contributed by atoms with Gasteiger partial charge >= 0.3 is 0 Å². The highest BCUT2D eigenvalue weighted by Crippen LogP contribution is 2.04. The maximum absolute atomic E-state index is 11.9. The fourth-order valence-corrected chi connectivity index (χ4v) is 2.98. The second-order valence-corrected chi connectivity index (χ2v) is 5.76. The van der Waals surface area contributed by atoms with Gasteiger partial charge in [-0.25, -0.2) is 8.42 Å². The van der Waals surface area contributed by atoms with Crippen molar-refractivity contribution >= 4 is 10.0 Å². The first-order valence-electron chi connectivity index (χ1n) is 5.87. The van der Waals surface area contributed by atoms with Crippen LogP contribution in [0.4, 0.5) is 0 Å². The predicted octanol–water partition coefficient (Wildman–Crippen LogP) is 1.21. The van der Waals surface area contributed by atoms with E-state index >= 15 is 0 Å². The SMILES string of the molecule is C=CCN(CCC)S(=O)(=O)CCCNCC. The average Bonchev–Trinajstić information content (AvgIpc) is 2.24. The zero-order chi connectivity index (χ0) is 12.4. The fraction of sp³-hybridized carbons (Fsp3) is 0.818. The molecule has 0 aliphatic rings. The Kier molecular flexibility index (Phi) is 8.51. The fourth-order valence-electron chi connectivity index (χ4n) is 1.42. The molecule has 4 nitrogen and oxygen atoms in total. The van der Waals surface area contributed by atoms with E-state index in [1.165, 1.54) is 4.31 Å². The molecule has 96 valence electrons. The van der Waals surface area contributed by atoms with Crippen molar-refractivity contribution < 1.29 is 8.42 Å². The standard InChI is InChI=1S/C11H24N2O2S/c1-4-9-13(10-5-2)16(14,15)11-7-8-12-6-3/h4,12H,1,5-11H2,2-3H3. The zero-order valence-electron chi connectivity index (χ0n) is 10.4. The van der Waals surface area contributed by atoms with Crippen molar-refractivity contribution in [2.24, 2.45) is 0 Å². The molecule has 0 unspecified atom stereocenters. The molecule has 16 heavy (non-hydrogen) atoms. The summed E-state index contributed by atoms with van der Waals surface area (Å²) < 4.78 is 25.4. The minimum atomic E-state index is -3.11. The van der Waals surface area contributed by atoms with Gasteiger partial charge in [0.2, 0.25) is 10.0 Å². The summed E-state index contributed by atoms with van der Waals surface area (Å²) >= 11 is 0. The van der Waals surface area contributed by atoms with Crippen LogP contribution in [0.5, 0.6) is 0 Å². The molecule has 0 bridgehead atoms. The van der Waals surface area contributed by atoms with Gasteiger partial charge in [0.25, 0.3) is 0 Å². The van der Waals surface area contributed by atoms with Gasteiger partial charge in [-0.1, -0.05) is 19.9 Å². The summed E-state index contributed by atoms with van der Waals surface area (Å²) in [6, 6.07) is 0. The number of nitrogens with zero attached hydrogens (tertiary/aromatic N) is 1. The quantitative estimate of drug-likeness (QED) is 0.467. The third-order valence-corrected chi connectivity index (χ3v) is 4.13. The zero-order valence-corrected chi connectivity index (χ0v) is 11.2. The van der Waals surface area contributed by atoms with E-state index < -0.39 is 10.0 Å². The Morgan fingerprint density at radius 2 is 2.06 bits per heavy atom. The summed E-state index contributed by atoms with van der Waals surface area (Å²) in [7, 11) is -3.11. The topological polar surface area (TPSA) is 49.4 Å². The number of hydrogen-bond acceptors (Lipinski definition) is 3. The highest BCUT2D eigenvalue weighted by Gasteiger charge is 2.18. The third-order valence-electron chi connectivity index (χ3n) is 2.20. The largest absolute Gasteiger partial charge is 0.317 e. The van der Waals surface area contributed by atoms with Gasteiger partial charge in [-0.05, 0) is 25.9 Å². The van der Waals surface area contributed by atoms with E-state index in [9.17, 15) is 8.42 Å². The molecule has 0 heterocycles. The highest BCUT2D eigenvalue weighted by molar-refractivity contribution is 7.89. The first-order valence-corrected chi connectivity index (χ1v) is 7.48. The van der Waals surface area contributed by atoms with Crippen LogP contribution >= 0.6 is 0 Å². The summed E-state index contributed by atoms with van der Waals surface area (Å²) in [5.74, 6) is 0.216. The van der Waals surface area contributed by atoms with Gasteiger partial charge in [0.1, 0.15) is 0 Å². The van der Waals surface area contributed by atoms with Gasteiger partial charge < -0.3 is 5.32 Å². The van der Waals surface area contributed by atoms with Crippen LogP contribution in [-0.2, 0) is 10.0 Å². The maximum Gasteiger partial charge on any atom is 0.214 e. The molecule has 0 atom stereocenters. The summed E-state index contributed by atoms with van der Waals surface area (Å²) in [6.07, 6.45) is 3.13. The van der Waals surface area contributed by atoms with Crippen LogP contribution < -0.4 is 5.32 Å². The molecule has 0 aliphatic heterocycles. The summed E-state index contributed by atoms with van der Waals surface area (Å²) in [5.41, 5.74) is 0. The van der Waals surface area contributed by atoms with Crippen molar-refractivity contribution in [3.05, 3.63) is 12.7 Å². The molecule has 0 aromatic heterocycles. The molecular weight excluding hydrogens is 224 g/mol. The highest BCUT2D eigenvalue weighted by atomic mass is 32.2. The van der Waals surface area contributed by atoms with E-state index in [-0.39, 0.29) is 5.75 Å². The summed E-state index contributed by atoms with van der Waals surface area (Å²) in [6.45, 7) is 10.2. The Labute approximate surface area is 99.8 Å². The van der Waals surface area contributed by atoms with Gasteiger partial charge in [-0.3, -0.25) is 0 Å². The first-order chi connectivity index (χ1) is 7.58. The lowest BCUT2D eigenvalue weighted by molar-refractivity contribution is 0.440. The van der Waals surface area contributed by atoms with Crippen LogP contribution in [0.15, 0.2) is 12.7 Å². The van der Waals surface area contributed by atoms with E-state index in [4.69, 9.17) is 0 Å². The van der Waals surface area contributed by atoms with Crippen LogP contribution in [0.1, 0.15) is 26.7 Å². The van der Waals surface area contributed by atoms with Crippen LogP contribution in [0, 0.1) is 0 Å². The molecule has 0 aromatic rings. The lowest BCUT2D eigenvalue weighted by atomic mass is 10.5. The molecule has 0 aliphatic carbocycles. The van der Waals surface area contributed by atoms with Crippen LogP contribution in [-0.4, -0.2) is 44.7 Å². The van der Waals surface area contributed by atoms with Crippen LogP contribution in [0.2, 0.25) is 0 Å². The van der Waals surface area contributed by atoms with Crippen molar-refractivity contribution in [1.29, 1.82) is 0 Å². The lowest BCUT2D eigenvalue weighted by Gasteiger charge is -2.19. The second-order valence-electron chi connectivity index (χ2n) is 3.67. The molecular formula is C11H24N2O2S. The van der Waals surface area contributed by atoms with Crippen LogP contribution in [0.25, 0.3) is 0 Å². The van der Waals surface area contributed by atoms with Crippen molar-refractivity contribution in [2.45, 2.75) is 26.7 Å². The van der Waals surface area contributed by atoms with Crippen LogP contribution in [0.3, 0.4) is 0 Å². The number of nitrogens with one attached hydrogen (secondary N) is 1. The molecule has 0 radical (unpaired) electrons. The summed E-state index contributed by atoms with van der Waals surface area (Å²) in [5, 5.41) is 3.12. The molecule has 0 saturated carbocycles. The monoisotopic (exact) mass is 248 g/mol. The van der Waals surface area contributed by atoms with Gasteiger partial charge in [-0.15, -0.1) is 6.58 Å². The predicted molar refractivity (Wildman–Crippen MR) is 69.0 cm³/mol. The van der Waals surface area contributed by atoms with E-state index in [1.807, 2.05) is 13.8 Å². The first kappa shape index (κ1) is 15.6. The molecule has 0 fully saturated rings. The van der Waals surface area contributed by atoms with E-state index in [1.54, 1.807) is 6.08 Å². The van der Waals surface area contributed by atoms with Crippen molar-refractivity contribution in [1.82, 2.24) is 9.62 Å². The summed E-state index contributed by atoms with van der Waals surface area (Å²) in [4.78, 5) is 0. The van der Waals surface area contributed by atoms with E-state index in [0.717, 1.165) is 19.5 Å². The van der Waals surface area contributed by atoms with Gasteiger partial charge in [0, 0.05) is 13.1 Å². The third kappa shape index (κ3) is 6.25. The van der Waals surface area contributed by atoms with E-state index in [0.29, 0.717) is 19.5 Å². The maximum atomic E-state index is 11.9. The Bertz CT molecular complexity index is 276. The van der Waals surface area contributed by atoms with Crippen molar-refractivity contribution in [3.63, 3.8) is 0 Å². The molecule has 0 rings (SSSR count). The Morgan fingerprint density at radius 3 is 2.56 bits per heavy atom. The van der Waals surface area contributed by atoms with Gasteiger partial charge in [-0.2, -0.15) is 4.31 Å². The van der Waals surface area contributed by atoms with Gasteiger partial charge in [0.15, 0.2) is 0 Å². The Morgan fingerprint density at radius 1 is 1.38 bits per heavy atom. The molecule has 5 heteroatoms. The Hall–Kier alpha value is -0.390. The molecule has 0 aromatic carbocycles. The normalized spacial score (nSPS) is 11.9. The minimum Gasteiger partial charge on any atom is -0.317 e. The number of rotatable bonds is 10. The molecule has 1 N–H and O–H groups in total. The van der Waals surface area contributed by atoms with E-state index in [2.05, 4.69) is 11.9 Å². The van der Waals surface area contributed by atoms with Crippen molar-refractivity contribution in [3.8, 4) is 0 Å². The number of sulfonamides is 1. The molecule has 0 spiro atoms. The Balaban J connectivity index is 4.18. The minimum absolute atomic E-state index is 0.216. The van der Waals surface area contributed by atoms with Crippen molar-refractivity contribution in [2.75, 3.05) is 31.9 Å². The smallest absolute Gasteiger partial charge is 0.214 e.